The average Bonchev–Trinajstić information content (AvgIpc) is 2.59. The zero-order valence-electron chi connectivity index (χ0n) is 14.7. The van der Waals surface area contributed by atoms with Crippen LogP contribution in [0.1, 0.15) is 13.8 Å². The van der Waals surface area contributed by atoms with E-state index in [2.05, 4.69) is 21.2 Å². The molecule has 0 aliphatic heterocycles. The molecule has 2 rings (SSSR count). The van der Waals surface area contributed by atoms with Crippen molar-refractivity contribution in [3.63, 3.8) is 0 Å². The molecule has 2 aromatic rings. The Hall–Kier alpha value is -1.34. The minimum absolute atomic E-state index is 0.365. The van der Waals surface area contributed by atoms with Gasteiger partial charge in [0, 0.05) is 0 Å². The molecule has 0 spiro atoms. The van der Waals surface area contributed by atoms with Gasteiger partial charge < -0.3 is 0 Å². The first-order valence-corrected chi connectivity index (χ1v) is 10.7. The number of halogens is 4. The zero-order chi connectivity index (χ0) is 20.1. The average molecular weight is 509 g/mol. The fourth-order valence-electron chi connectivity index (χ4n) is 2.23. The molecule has 0 fully saturated rings. The maximum atomic E-state index is 12.9. The predicted molar refractivity (Wildman–Crippen MR) is 104 cm³/mol. The summed E-state index contributed by atoms with van der Waals surface area (Å²) in [6.07, 6.45) is -4.46. The van der Waals surface area contributed by atoms with E-state index in [0.29, 0.717) is 5.69 Å². The molecule has 1 atom stereocenters. The molecule has 0 aromatic heterocycles. The summed E-state index contributed by atoms with van der Waals surface area (Å²) in [5.74, 6) is -0.365. The van der Waals surface area contributed by atoms with Crippen LogP contribution in [0.4, 0.5) is 18.9 Å². The second kappa shape index (κ2) is 9.24. The molecule has 1 amide bonds. The topological polar surface area (TPSA) is 38.3 Å². The van der Waals surface area contributed by atoms with Gasteiger partial charge in [-0.3, -0.25) is 0 Å². The van der Waals surface area contributed by atoms with Crippen LogP contribution < -0.4 is 9.78 Å². The number of ether oxygens (including phenoxy) is 1. The van der Waals surface area contributed by atoms with Gasteiger partial charge in [0.2, 0.25) is 0 Å². The molecular formula is C19H19BrF3NO2Se. The Bertz CT molecular complexity index is 752. The van der Waals surface area contributed by atoms with Gasteiger partial charge in [-0.05, 0) is 0 Å². The Kier molecular flexibility index (Phi) is 7.51. The molecule has 0 saturated heterocycles. The molecule has 0 radical (unpaired) electrons. The number of nitrogens with one attached hydrogen (secondary N) is 1. The van der Waals surface area contributed by atoms with Crippen molar-refractivity contribution in [1.82, 2.24) is 0 Å². The monoisotopic (exact) mass is 509 g/mol. The number of para-hydroxylation sites is 1. The standard InChI is InChI=1S/C19H19BrF3NO2Se/c1-18(2,26-12-19(21,22)23)16(27-15-10-8-13(20)9-11-15)17(25)24-14-6-4-3-5-7-14/h3-11,16H,12H2,1-2H3,(H,24,25). The minimum atomic E-state index is -4.46. The molecular weight excluding hydrogens is 490 g/mol. The zero-order valence-corrected chi connectivity index (χ0v) is 18.0. The van der Waals surface area contributed by atoms with Crippen molar-refractivity contribution in [3.05, 3.63) is 59.1 Å². The van der Waals surface area contributed by atoms with Crippen molar-refractivity contribution in [2.24, 2.45) is 0 Å². The quantitative estimate of drug-likeness (QED) is 0.556. The van der Waals surface area contributed by atoms with E-state index in [1.165, 1.54) is 13.8 Å². The van der Waals surface area contributed by atoms with Crippen LogP contribution in [-0.2, 0) is 9.53 Å². The normalized spacial score (nSPS) is 13.3. The first-order chi connectivity index (χ1) is 12.6. The third kappa shape index (κ3) is 7.30. The van der Waals surface area contributed by atoms with E-state index < -0.39 is 38.2 Å². The molecule has 3 nitrogen and oxygen atoms in total. The van der Waals surface area contributed by atoms with Crippen LogP contribution in [0.5, 0.6) is 0 Å². The number of hydrogen-bond donors (Lipinski definition) is 1. The summed E-state index contributed by atoms with van der Waals surface area (Å²) in [7, 11) is 0. The summed E-state index contributed by atoms with van der Waals surface area (Å²) in [5.41, 5.74) is -0.702. The van der Waals surface area contributed by atoms with Gasteiger partial charge in [-0.25, -0.2) is 0 Å². The molecule has 0 aliphatic rings. The van der Waals surface area contributed by atoms with Gasteiger partial charge in [-0.2, -0.15) is 0 Å². The summed E-state index contributed by atoms with van der Waals surface area (Å²) < 4.78 is 44.8. The number of carbonyl (C=O) groups excluding carboxylic acids is 1. The molecule has 27 heavy (non-hydrogen) atoms. The molecule has 8 heteroatoms. The third-order valence-electron chi connectivity index (χ3n) is 3.59. The summed E-state index contributed by atoms with van der Waals surface area (Å²) in [4.78, 5) is 12.1. The molecule has 1 unspecified atom stereocenters. The number of benzene rings is 2. The molecule has 0 aliphatic carbocycles. The summed E-state index contributed by atoms with van der Waals surface area (Å²) >= 11 is 2.91. The Balaban J connectivity index is 2.23. The number of alkyl halides is 3. The fraction of sp³-hybridized carbons (Fsp3) is 0.316. The summed E-state index contributed by atoms with van der Waals surface area (Å²) in [6.45, 7) is 1.65. The fourth-order valence-corrected chi connectivity index (χ4v) is 4.77. The van der Waals surface area contributed by atoms with Gasteiger partial charge >= 0.3 is 171 Å². The maximum absolute atomic E-state index is 12.9. The summed E-state index contributed by atoms with van der Waals surface area (Å²) in [5, 5.41) is 2.78. The first-order valence-electron chi connectivity index (χ1n) is 8.06. The molecule has 1 N–H and O–H groups in total. The van der Waals surface area contributed by atoms with Crippen molar-refractivity contribution in [1.29, 1.82) is 0 Å². The van der Waals surface area contributed by atoms with Crippen molar-refractivity contribution in [2.45, 2.75) is 30.4 Å². The first kappa shape index (κ1) is 22.0. The number of amides is 1. The van der Waals surface area contributed by atoms with Crippen molar-refractivity contribution in [3.8, 4) is 0 Å². The van der Waals surface area contributed by atoms with E-state index >= 15 is 0 Å². The van der Waals surface area contributed by atoms with E-state index in [4.69, 9.17) is 4.74 Å². The molecule has 0 heterocycles. The van der Waals surface area contributed by atoms with Crippen LogP contribution >= 0.6 is 15.9 Å². The van der Waals surface area contributed by atoms with Crippen molar-refractivity contribution >= 4 is 46.9 Å². The van der Waals surface area contributed by atoms with Gasteiger partial charge in [-0.1, -0.05) is 0 Å². The molecule has 146 valence electrons. The van der Waals surface area contributed by atoms with Gasteiger partial charge in [-0.15, -0.1) is 0 Å². The third-order valence-corrected chi connectivity index (χ3v) is 7.39. The van der Waals surface area contributed by atoms with Crippen molar-refractivity contribution < 1.29 is 22.7 Å². The number of hydrogen-bond acceptors (Lipinski definition) is 2. The van der Waals surface area contributed by atoms with Crippen LogP contribution in [0.2, 0.25) is 4.82 Å². The van der Waals surface area contributed by atoms with E-state index in [0.717, 1.165) is 8.93 Å². The molecule has 0 bridgehead atoms. The van der Waals surface area contributed by atoms with E-state index in [1.54, 1.807) is 24.3 Å². The van der Waals surface area contributed by atoms with Gasteiger partial charge in [0.05, 0.1) is 0 Å². The van der Waals surface area contributed by atoms with Crippen LogP contribution in [0.3, 0.4) is 0 Å². The second-order valence-corrected chi connectivity index (χ2v) is 9.70. The predicted octanol–water partition coefficient (Wildman–Crippen LogP) is 4.56. The Morgan fingerprint density at radius 2 is 1.70 bits per heavy atom. The number of rotatable bonds is 7. The van der Waals surface area contributed by atoms with Crippen LogP contribution in [0.25, 0.3) is 0 Å². The van der Waals surface area contributed by atoms with E-state index in [1.807, 2.05) is 30.3 Å². The van der Waals surface area contributed by atoms with Gasteiger partial charge in [0.1, 0.15) is 0 Å². The van der Waals surface area contributed by atoms with Crippen LogP contribution in [0, 0.1) is 0 Å². The Morgan fingerprint density at radius 1 is 1.11 bits per heavy atom. The van der Waals surface area contributed by atoms with E-state index in [9.17, 15) is 18.0 Å². The van der Waals surface area contributed by atoms with Crippen LogP contribution in [0.15, 0.2) is 59.1 Å². The molecule has 0 saturated carbocycles. The Labute approximate surface area is 171 Å². The SMILES string of the molecule is CC(C)(OCC(F)(F)F)C([Se]c1ccc(Br)cc1)C(=O)Nc1ccccc1. The van der Waals surface area contributed by atoms with Crippen LogP contribution in [-0.4, -0.2) is 39.2 Å². The van der Waals surface area contributed by atoms with Gasteiger partial charge in [0.25, 0.3) is 0 Å². The summed E-state index contributed by atoms with van der Waals surface area (Å²) in [6, 6.07) is 16.2. The van der Waals surface area contributed by atoms with E-state index in [-0.39, 0.29) is 5.91 Å². The van der Waals surface area contributed by atoms with Gasteiger partial charge in [0.15, 0.2) is 0 Å². The molecule has 2 aromatic carbocycles. The number of carbonyl (C=O) groups is 1. The second-order valence-electron chi connectivity index (χ2n) is 6.31. The van der Waals surface area contributed by atoms with Crippen molar-refractivity contribution in [2.75, 3.05) is 11.9 Å². The Morgan fingerprint density at radius 3 is 2.26 bits per heavy atom. The number of anilines is 1.